The minimum atomic E-state index is -0.972. The average molecular weight is 354 g/mol. The molecule has 1 aliphatic heterocycles. The summed E-state index contributed by atoms with van der Waals surface area (Å²) in [4.78, 5) is 37.8. The second-order valence-corrected chi connectivity index (χ2v) is 7.64. The molecule has 2 fully saturated rings. The molecular formula is C21H22O5. The number of cyclic esters (lactones) is 1. The molecule has 0 spiro atoms. The van der Waals surface area contributed by atoms with Gasteiger partial charge in [-0.2, -0.15) is 0 Å². The largest absolute Gasteiger partial charge is 0.465 e. The first kappa shape index (κ1) is 17.0. The predicted molar refractivity (Wildman–Crippen MR) is 93.8 cm³/mol. The molecule has 0 unspecified atom stereocenters. The Kier molecular flexibility index (Phi) is 4.17. The van der Waals surface area contributed by atoms with Crippen LogP contribution in [0.25, 0.3) is 5.57 Å². The van der Waals surface area contributed by atoms with Crippen molar-refractivity contribution in [1.29, 1.82) is 0 Å². The summed E-state index contributed by atoms with van der Waals surface area (Å²) in [7, 11) is 0. The van der Waals surface area contributed by atoms with Gasteiger partial charge in [-0.3, -0.25) is 14.4 Å². The second-order valence-electron chi connectivity index (χ2n) is 7.64. The number of carbonyl (C=O) groups is 3. The molecule has 5 nitrogen and oxygen atoms in total. The van der Waals surface area contributed by atoms with E-state index in [1.807, 2.05) is 30.3 Å². The molecule has 1 saturated carbocycles. The molecule has 1 saturated heterocycles. The molecule has 1 aromatic rings. The Morgan fingerprint density at radius 3 is 2.62 bits per heavy atom. The van der Waals surface area contributed by atoms with Crippen LogP contribution in [-0.2, 0) is 23.9 Å². The molecule has 0 bridgehead atoms. The molecule has 2 aliphatic carbocycles. The van der Waals surface area contributed by atoms with Gasteiger partial charge in [0.1, 0.15) is 0 Å². The summed E-state index contributed by atoms with van der Waals surface area (Å²) in [6.45, 7) is 3.83. The summed E-state index contributed by atoms with van der Waals surface area (Å²) >= 11 is 0. The Morgan fingerprint density at radius 2 is 1.92 bits per heavy atom. The zero-order chi connectivity index (χ0) is 18.4. The summed E-state index contributed by atoms with van der Waals surface area (Å²) < 4.78 is 10.6. The second kappa shape index (κ2) is 6.38. The van der Waals surface area contributed by atoms with Crippen LogP contribution in [0.15, 0.2) is 35.9 Å². The van der Waals surface area contributed by atoms with E-state index in [1.165, 1.54) is 0 Å². The first-order valence-electron chi connectivity index (χ1n) is 9.17. The van der Waals surface area contributed by atoms with Crippen molar-refractivity contribution in [1.82, 2.24) is 0 Å². The predicted octanol–water partition coefficient (Wildman–Crippen LogP) is 2.79. The Morgan fingerprint density at radius 1 is 1.19 bits per heavy atom. The summed E-state index contributed by atoms with van der Waals surface area (Å²) in [5, 5.41) is 0. The van der Waals surface area contributed by atoms with Crippen molar-refractivity contribution in [2.75, 3.05) is 6.61 Å². The van der Waals surface area contributed by atoms with Crippen LogP contribution >= 0.6 is 0 Å². The number of ether oxygens (including phenoxy) is 2. The maximum Gasteiger partial charge on any atom is 0.321 e. The van der Waals surface area contributed by atoms with Crippen LogP contribution in [0.4, 0.5) is 0 Å². The molecule has 1 aromatic carbocycles. The molecule has 26 heavy (non-hydrogen) atoms. The smallest absolute Gasteiger partial charge is 0.321 e. The van der Waals surface area contributed by atoms with Gasteiger partial charge in [-0.05, 0) is 31.7 Å². The monoisotopic (exact) mass is 354 g/mol. The van der Waals surface area contributed by atoms with Crippen molar-refractivity contribution < 1.29 is 23.9 Å². The number of ketones is 1. The van der Waals surface area contributed by atoms with Crippen molar-refractivity contribution in [3.63, 3.8) is 0 Å². The Hall–Kier alpha value is -2.43. The van der Waals surface area contributed by atoms with E-state index in [1.54, 1.807) is 13.8 Å². The van der Waals surface area contributed by atoms with Gasteiger partial charge in [-0.1, -0.05) is 35.9 Å². The number of hydrogen-bond donors (Lipinski definition) is 0. The van der Waals surface area contributed by atoms with Crippen molar-refractivity contribution in [2.24, 2.45) is 23.7 Å². The van der Waals surface area contributed by atoms with E-state index < -0.39 is 17.9 Å². The van der Waals surface area contributed by atoms with Crippen LogP contribution in [0.1, 0.15) is 32.3 Å². The third-order valence-electron chi connectivity index (χ3n) is 5.61. The highest BCUT2D eigenvalue weighted by Gasteiger charge is 2.56. The van der Waals surface area contributed by atoms with E-state index in [-0.39, 0.29) is 29.6 Å². The molecule has 4 rings (SSSR count). The summed E-state index contributed by atoms with van der Waals surface area (Å²) in [6.07, 6.45) is 0.925. The highest BCUT2D eigenvalue weighted by atomic mass is 16.6. The Labute approximate surface area is 152 Å². The quantitative estimate of drug-likeness (QED) is 0.617. The summed E-state index contributed by atoms with van der Waals surface area (Å²) in [5.74, 6) is -2.07. The molecule has 136 valence electrons. The maximum atomic E-state index is 12.7. The SMILES string of the molecule is CC(C)OC(=O)[C@H]1C(=O)OC[C@@H]2C[C@H]3CC(=O)C(c4ccccc4)=C3[C@@H]21. The lowest BCUT2D eigenvalue weighted by Crippen LogP contribution is -2.43. The number of esters is 2. The summed E-state index contributed by atoms with van der Waals surface area (Å²) in [6, 6.07) is 9.53. The van der Waals surface area contributed by atoms with Gasteiger partial charge in [0, 0.05) is 23.8 Å². The maximum absolute atomic E-state index is 12.7. The average Bonchev–Trinajstić information content (AvgIpc) is 3.09. The van der Waals surface area contributed by atoms with E-state index in [0.29, 0.717) is 18.6 Å². The Bertz CT molecular complexity index is 792. The van der Waals surface area contributed by atoms with Crippen molar-refractivity contribution in [3.8, 4) is 0 Å². The van der Waals surface area contributed by atoms with Crippen molar-refractivity contribution >= 4 is 23.3 Å². The van der Waals surface area contributed by atoms with Crippen LogP contribution < -0.4 is 0 Å². The molecule has 3 aliphatic rings. The number of rotatable bonds is 3. The normalized spacial score (nSPS) is 30.3. The molecule has 0 amide bonds. The van der Waals surface area contributed by atoms with Crippen LogP contribution in [0.2, 0.25) is 0 Å². The number of Topliss-reactive ketones (excluding diaryl/α,β-unsaturated/α-hetero) is 1. The first-order chi connectivity index (χ1) is 12.5. The number of fused-ring (bicyclic) bond motifs is 3. The Balaban J connectivity index is 1.80. The van der Waals surface area contributed by atoms with E-state index in [2.05, 4.69) is 0 Å². The topological polar surface area (TPSA) is 69.7 Å². The van der Waals surface area contributed by atoms with Crippen LogP contribution in [0.5, 0.6) is 0 Å². The summed E-state index contributed by atoms with van der Waals surface area (Å²) in [5.41, 5.74) is 2.53. The number of benzene rings is 1. The fourth-order valence-electron chi connectivity index (χ4n) is 4.75. The minimum absolute atomic E-state index is 0.0734. The van der Waals surface area contributed by atoms with E-state index in [9.17, 15) is 14.4 Å². The van der Waals surface area contributed by atoms with Crippen LogP contribution in [-0.4, -0.2) is 30.4 Å². The van der Waals surface area contributed by atoms with Gasteiger partial charge in [-0.15, -0.1) is 0 Å². The molecular weight excluding hydrogens is 332 g/mol. The minimum Gasteiger partial charge on any atom is -0.465 e. The van der Waals surface area contributed by atoms with Gasteiger partial charge >= 0.3 is 11.9 Å². The van der Waals surface area contributed by atoms with Crippen molar-refractivity contribution in [2.45, 2.75) is 32.8 Å². The highest BCUT2D eigenvalue weighted by molar-refractivity contribution is 6.24. The number of hydrogen-bond acceptors (Lipinski definition) is 5. The van der Waals surface area contributed by atoms with Gasteiger partial charge in [0.25, 0.3) is 0 Å². The van der Waals surface area contributed by atoms with Crippen molar-refractivity contribution in [3.05, 3.63) is 41.5 Å². The zero-order valence-electron chi connectivity index (χ0n) is 14.9. The number of allylic oxidation sites excluding steroid dienone is 2. The van der Waals surface area contributed by atoms with Gasteiger partial charge < -0.3 is 9.47 Å². The van der Waals surface area contributed by atoms with Gasteiger partial charge in [0.2, 0.25) is 0 Å². The molecule has 0 aromatic heterocycles. The van der Waals surface area contributed by atoms with Crippen LogP contribution in [0.3, 0.4) is 0 Å². The lowest BCUT2D eigenvalue weighted by molar-refractivity contribution is -0.173. The fourth-order valence-corrected chi connectivity index (χ4v) is 4.75. The third-order valence-corrected chi connectivity index (χ3v) is 5.61. The molecule has 1 heterocycles. The van der Waals surface area contributed by atoms with Crippen LogP contribution in [0, 0.1) is 23.7 Å². The molecule has 4 atom stereocenters. The van der Waals surface area contributed by atoms with Gasteiger partial charge in [-0.25, -0.2) is 0 Å². The lowest BCUT2D eigenvalue weighted by Gasteiger charge is -2.32. The number of carbonyl (C=O) groups excluding carboxylic acids is 3. The molecule has 0 N–H and O–H groups in total. The van der Waals surface area contributed by atoms with E-state index in [4.69, 9.17) is 9.47 Å². The first-order valence-corrected chi connectivity index (χ1v) is 9.17. The highest BCUT2D eigenvalue weighted by Crippen LogP contribution is 2.55. The zero-order valence-corrected chi connectivity index (χ0v) is 14.9. The molecule has 5 heteroatoms. The molecule has 0 radical (unpaired) electrons. The van der Waals surface area contributed by atoms with Gasteiger partial charge in [0.15, 0.2) is 11.7 Å². The fraction of sp³-hybridized carbons (Fsp3) is 0.476. The standard InChI is InChI=1S/C21H22O5/c1-11(2)26-21(24)19-18-14(10-25-20(19)23)8-13-9-15(22)16(17(13)18)12-6-4-3-5-7-12/h3-7,11,13-14,18-19H,8-10H2,1-2H3/t13-,14-,18+,19+/m0/s1. The lowest BCUT2D eigenvalue weighted by atomic mass is 9.78. The van der Waals surface area contributed by atoms with E-state index in [0.717, 1.165) is 17.6 Å². The van der Waals surface area contributed by atoms with E-state index >= 15 is 0 Å². The van der Waals surface area contributed by atoms with Gasteiger partial charge in [0.05, 0.1) is 12.7 Å². The third kappa shape index (κ3) is 2.66.